The second-order valence-corrected chi connectivity index (χ2v) is 14.6. The number of urea groups is 1. The number of thiazole rings is 1. The average molecular weight is 800 g/mol. The van der Waals surface area contributed by atoms with Gasteiger partial charge in [-0.15, -0.1) is 11.3 Å². The van der Waals surface area contributed by atoms with Gasteiger partial charge in [-0.25, -0.2) is 14.6 Å². The van der Waals surface area contributed by atoms with Crippen LogP contribution in [0.3, 0.4) is 0 Å². The van der Waals surface area contributed by atoms with Crippen LogP contribution in [-0.4, -0.2) is 69.0 Å². The van der Waals surface area contributed by atoms with Crippen LogP contribution in [0.4, 0.5) is 15.6 Å². The van der Waals surface area contributed by atoms with Crippen LogP contribution in [0.2, 0.25) is 0 Å². The molecule has 4 N–H and O–H groups in total. The smallest absolute Gasteiger partial charge is 0.336 e. The first-order chi connectivity index (χ1) is 28.0. The number of amides is 3. The van der Waals surface area contributed by atoms with E-state index in [-0.39, 0.29) is 30.3 Å². The van der Waals surface area contributed by atoms with Crippen molar-refractivity contribution < 1.29 is 28.7 Å². The molecule has 0 radical (unpaired) electrons. The number of benzene rings is 2. The van der Waals surface area contributed by atoms with Gasteiger partial charge < -0.3 is 25.3 Å². The number of nitrogens with one attached hydrogen (secondary N) is 4. The number of aromatic amines is 1. The maximum atomic E-state index is 13.2. The number of esters is 1. The lowest BCUT2D eigenvalue weighted by atomic mass is 10.00. The van der Waals surface area contributed by atoms with Crippen molar-refractivity contribution in [2.45, 2.75) is 53.5 Å². The molecule has 14 heteroatoms. The van der Waals surface area contributed by atoms with E-state index >= 15 is 0 Å². The largest absolute Gasteiger partial charge is 0.423 e. The SMILES string of the molecule is CCN(CC)CCCC(=O)c1c(C)[nH]c(/C=C2\C(=O)Cc3ccc(NC(=O)/C=C\C(=O)Oc4cccc(CNC(=O)Nc5nc(-c6ccncc6)cs5)c4)cc32)c1C. The van der Waals surface area contributed by atoms with Crippen molar-refractivity contribution in [1.82, 2.24) is 25.2 Å². The van der Waals surface area contributed by atoms with Gasteiger partial charge in [-0.2, -0.15) is 0 Å². The Morgan fingerprint density at radius 2 is 1.78 bits per heavy atom. The third-order valence-corrected chi connectivity index (χ3v) is 10.5. The van der Waals surface area contributed by atoms with Gasteiger partial charge >= 0.3 is 12.0 Å². The highest BCUT2D eigenvalue weighted by atomic mass is 32.1. The summed E-state index contributed by atoms with van der Waals surface area (Å²) in [5, 5.41) is 10.5. The molecule has 0 aliphatic heterocycles. The van der Waals surface area contributed by atoms with Crippen LogP contribution in [0, 0.1) is 13.8 Å². The number of Topliss-reactive ketones (excluding diaryl/α,β-unsaturated/α-hetero) is 2. The van der Waals surface area contributed by atoms with Crippen LogP contribution in [0.1, 0.15) is 70.7 Å². The zero-order valence-electron chi connectivity index (χ0n) is 32.8. The van der Waals surface area contributed by atoms with Crippen molar-refractivity contribution in [2.75, 3.05) is 30.3 Å². The first kappa shape index (κ1) is 41.1. The molecule has 0 fully saturated rings. The van der Waals surface area contributed by atoms with E-state index in [4.69, 9.17) is 4.74 Å². The minimum atomic E-state index is -0.769. The quantitative estimate of drug-likeness (QED) is 0.0340. The van der Waals surface area contributed by atoms with Crippen molar-refractivity contribution in [3.8, 4) is 17.0 Å². The van der Waals surface area contributed by atoms with E-state index in [1.807, 2.05) is 31.4 Å². The number of carbonyl (C=O) groups is 5. The molecule has 13 nitrogen and oxygen atoms in total. The maximum absolute atomic E-state index is 13.2. The first-order valence-electron chi connectivity index (χ1n) is 19.0. The lowest BCUT2D eigenvalue weighted by Crippen LogP contribution is -2.28. The summed E-state index contributed by atoms with van der Waals surface area (Å²) in [5.74, 6) is -1.08. The normalized spacial score (nSPS) is 12.9. The lowest BCUT2D eigenvalue weighted by Gasteiger charge is -2.17. The fourth-order valence-electron chi connectivity index (χ4n) is 6.75. The van der Waals surface area contributed by atoms with Gasteiger partial charge in [0.15, 0.2) is 16.7 Å². The third kappa shape index (κ3) is 10.5. The minimum absolute atomic E-state index is 0.0606. The summed E-state index contributed by atoms with van der Waals surface area (Å²) in [4.78, 5) is 78.4. The Morgan fingerprint density at radius 1 is 0.983 bits per heavy atom. The molecule has 0 saturated carbocycles. The number of carbonyl (C=O) groups excluding carboxylic acids is 5. The van der Waals surface area contributed by atoms with Gasteiger partial charge in [-0.1, -0.05) is 32.0 Å². The standard InChI is InChI=1S/C44H45N7O6S/c1-5-51(6-2)20-8-11-38(52)42-27(3)36(47-28(42)4)24-35-34-23-32(13-12-31(34)22-39(35)53)48-40(54)14-15-41(55)57-33-10-7-9-29(21-33)25-46-43(56)50-44-49-37(26-58-44)30-16-18-45-19-17-30/h7,9-10,12-19,21,23-24,26,47H,5-6,8,11,20,22,25H2,1-4H3,(H,48,54)(H2,46,49,50,56)/b15-14-,35-24-. The van der Waals surface area contributed by atoms with E-state index in [2.05, 4.69) is 49.6 Å². The van der Waals surface area contributed by atoms with Gasteiger partial charge in [0.1, 0.15) is 5.75 Å². The molecule has 1 aliphatic carbocycles. The van der Waals surface area contributed by atoms with Crippen LogP contribution in [0.5, 0.6) is 5.75 Å². The van der Waals surface area contributed by atoms with Crippen LogP contribution in [0.15, 0.2) is 84.5 Å². The predicted octanol–water partition coefficient (Wildman–Crippen LogP) is 7.54. The summed E-state index contributed by atoms with van der Waals surface area (Å²) in [5.41, 5.74) is 7.68. The zero-order chi connectivity index (χ0) is 41.2. The number of pyridine rings is 1. The highest BCUT2D eigenvalue weighted by Crippen LogP contribution is 2.34. The van der Waals surface area contributed by atoms with E-state index in [1.54, 1.807) is 60.9 Å². The Balaban J connectivity index is 1.01. The Morgan fingerprint density at radius 3 is 2.55 bits per heavy atom. The molecule has 1 aliphatic rings. The zero-order valence-corrected chi connectivity index (χ0v) is 33.6. The number of rotatable bonds is 16. The molecular formula is C44H45N7O6S. The third-order valence-electron chi connectivity index (χ3n) is 9.78. The summed E-state index contributed by atoms with van der Waals surface area (Å²) in [6.07, 6.45) is 8.66. The Kier molecular flexibility index (Phi) is 13.5. The van der Waals surface area contributed by atoms with Gasteiger partial charge in [-0.05, 0) is 105 Å². The molecular weight excluding hydrogens is 755 g/mol. The topological polar surface area (TPSA) is 175 Å². The number of anilines is 2. The summed E-state index contributed by atoms with van der Waals surface area (Å²) >= 11 is 1.30. The summed E-state index contributed by atoms with van der Waals surface area (Å²) in [6.45, 7) is 10.9. The second-order valence-electron chi connectivity index (χ2n) is 13.7. The number of H-pyrrole nitrogens is 1. The Labute approximate surface area is 340 Å². The molecule has 298 valence electrons. The molecule has 5 aromatic rings. The predicted molar refractivity (Wildman–Crippen MR) is 226 cm³/mol. The number of hydrogen-bond acceptors (Lipinski definition) is 10. The van der Waals surface area contributed by atoms with Gasteiger partial charge in [-0.3, -0.25) is 24.7 Å². The molecule has 58 heavy (non-hydrogen) atoms. The lowest BCUT2D eigenvalue weighted by molar-refractivity contribution is -0.129. The highest BCUT2D eigenvalue weighted by Gasteiger charge is 2.26. The van der Waals surface area contributed by atoms with Crippen LogP contribution in [0.25, 0.3) is 22.9 Å². The molecule has 3 amide bonds. The molecule has 6 rings (SSSR count). The molecule has 3 heterocycles. The summed E-state index contributed by atoms with van der Waals surface area (Å²) in [6, 6.07) is 15.1. The van der Waals surface area contributed by atoms with Crippen LogP contribution in [-0.2, 0) is 27.3 Å². The average Bonchev–Trinajstić information content (AvgIpc) is 3.89. The Hall–Kier alpha value is -6.51. The van der Waals surface area contributed by atoms with Crippen LogP contribution < -0.4 is 20.7 Å². The van der Waals surface area contributed by atoms with Gasteiger partial charge in [0.05, 0.1) is 5.69 Å². The van der Waals surface area contributed by atoms with Gasteiger partial charge in [0.2, 0.25) is 5.91 Å². The summed E-state index contributed by atoms with van der Waals surface area (Å²) in [7, 11) is 0. The van der Waals surface area contributed by atoms with Crippen molar-refractivity contribution in [3.63, 3.8) is 0 Å². The molecule has 0 atom stereocenters. The fraction of sp³-hybridized carbons (Fsp3) is 0.250. The number of allylic oxidation sites excluding steroid dienone is 1. The van der Waals surface area contributed by atoms with E-state index in [1.165, 1.54) is 11.3 Å². The number of fused-ring (bicyclic) bond motifs is 1. The number of aromatic nitrogens is 3. The maximum Gasteiger partial charge on any atom is 0.336 e. The molecule has 3 aromatic heterocycles. The van der Waals surface area contributed by atoms with E-state index in [0.717, 1.165) is 66.3 Å². The van der Waals surface area contributed by atoms with Crippen LogP contribution >= 0.6 is 11.3 Å². The van der Waals surface area contributed by atoms with E-state index < -0.39 is 17.9 Å². The van der Waals surface area contributed by atoms with E-state index in [9.17, 15) is 24.0 Å². The second kappa shape index (κ2) is 19.1. The Bertz CT molecular complexity index is 2390. The molecule has 0 saturated heterocycles. The van der Waals surface area contributed by atoms with Crippen molar-refractivity contribution in [3.05, 3.63) is 124 Å². The first-order valence-corrected chi connectivity index (χ1v) is 19.9. The van der Waals surface area contributed by atoms with Crippen molar-refractivity contribution in [1.29, 1.82) is 0 Å². The minimum Gasteiger partial charge on any atom is -0.423 e. The fourth-order valence-corrected chi connectivity index (χ4v) is 7.47. The molecule has 0 spiro atoms. The molecule has 0 bridgehead atoms. The number of aryl methyl sites for hydroxylation is 1. The number of ketones is 2. The number of hydrogen-bond donors (Lipinski definition) is 4. The van der Waals surface area contributed by atoms with Crippen molar-refractivity contribution >= 4 is 63.3 Å². The summed E-state index contributed by atoms with van der Waals surface area (Å²) < 4.78 is 5.40. The highest BCUT2D eigenvalue weighted by molar-refractivity contribution is 7.14. The van der Waals surface area contributed by atoms with Gasteiger partial charge in [0, 0.05) is 83.1 Å². The van der Waals surface area contributed by atoms with E-state index in [0.29, 0.717) is 45.2 Å². The molecule has 0 unspecified atom stereocenters. The monoisotopic (exact) mass is 799 g/mol. The number of ether oxygens (including phenoxy) is 1. The van der Waals surface area contributed by atoms with Gasteiger partial charge in [0.25, 0.3) is 0 Å². The van der Waals surface area contributed by atoms with Crippen molar-refractivity contribution in [2.24, 2.45) is 0 Å². The number of nitrogens with zero attached hydrogens (tertiary/aromatic N) is 3. The molecule has 2 aromatic carbocycles.